The lowest BCUT2D eigenvalue weighted by Crippen LogP contribution is -2.35. The average Bonchev–Trinajstić information content (AvgIpc) is 2.97. The van der Waals surface area contributed by atoms with Gasteiger partial charge in [-0.2, -0.15) is 0 Å². The Morgan fingerprint density at radius 3 is 2.29 bits per heavy atom. The molecule has 28 heavy (non-hydrogen) atoms. The first-order chi connectivity index (χ1) is 13.5. The van der Waals surface area contributed by atoms with Crippen LogP contribution in [0.5, 0.6) is 0 Å². The minimum atomic E-state index is -3.66. The maximum atomic E-state index is 12.4. The first kappa shape index (κ1) is 19.9. The van der Waals surface area contributed by atoms with E-state index in [2.05, 4.69) is 10.0 Å². The highest BCUT2D eigenvalue weighted by atomic mass is 32.2. The molecular weight excluding hydrogens is 374 g/mol. The van der Waals surface area contributed by atoms with E-state index < -0.39 is 10.0 Å². The van der Waals surface area contributed by atoms with Gasteiger partial charge in [0.05, 0.1) is 11.1 Å². The van der Waals surface area contributed by atoms with Crippen molar-refractivity contribution < 1.29 is 13.2 Å². The number of urea groups is 1. The Bertz CT molecular complexity index is 919. The molecule has 0 aromatic heterocycles. The molecule has 1 heterocycles. The number of hydrogen-bond acceptors (Lipinski definition) is 3. The van der Waals surface area contributed by atoms with Crippen LogP contribution in [0.25, 0.3) is 6.08 Å². The van der Waals surface area contributed by atoms with Crippen LogP contribution in [0.4, 0.5) is 16.2 Å². The molecule has 2 amide bonds. The molecule has 1 fully saturated rings. The van der Waals surface area contributed by atoms with Gasteiger partial charge in [-0.15, -0.1) is 0 Å². The number of nitrogens with zero attached hydrogens (tertiary/aromatic N) is 1. The molecule has 0 bridgehead atoms. The number of anilines is 2. The van der Waals surface area contributed by atoms with Gasteiger partial charge in [0.15, 0.2) is 0 Å². The lowest BCUT2D eigenvalue weighted by Gasteiger charge is -2.21. The third kappa shape index (κ3) is 6.13. The second-order valence-electron chi connectivity index (χ2n) is 6.77. The van der Waals surface area contributed by atoms with Gasteiger partial charge in [0.1, 0.15) is 0 Å². The van der Waals surface area contributed by atoms with E-state index in [0.29, 0.717) is 11.4 Å². The summed E-state index contributed by atoms with van der Waals surface area (Å²) in [5.74, 6) is 0. The minimum absolute atomic E-state index is 0.147. The minimum Gasteiger partial charge on any atom is -0.325 e. The predicted octanol–water partition coefficient (Wildman–Crippen LogP) is 4.51. The SMILES string of the molecule is O=C(Nc1cccc(NS(=O)(=O)/C=C\c2ccccc2)c1)N1CCCCCC1. The Labute approximate surface area is 166 Å². The van der Waals surface area contributed by atoms with Gasteiger partial charge in [0, 0.05) is 18.8 Å². The van der Waals surface area contributed by atoms with E-state index in [1.807, 2.05) is 35.2 Å². The molecule has 2 aromatic rings. The van der Waals surface area contributed by atoms with Crippen molar-refractivity contribution in [2.75, 3.05) is 23.1 Å². The lowest BCUT2D eigenvalue weighted by atomic mass is 10.2. The largest absolute Gasteiger partial charge is 0.325 e. The molecule has 0 aliphatic carbocycles. The van der Waals surface area contributed by atoms with Crippen LogP contribution in [-0.2, 0) is 10.0 Å². The topological polar surface area (TPSA) is 78.5 Å². The zero-order chi connectivity index (χ0) is 19.8. The number of rotatable bonds is 5. The number of amides is 2. The highest BCUT2D eigenvalue weighted by Gasteiger charge is 2.15. The van der Waals surface area contributed by atoms with E-state index in [0.717, 1.165) is 49.7 Å². The van der Waals surface area contributed by atoms with Crippen LogP contribution >= 0.6 is 0 Å². The number of carbonyl (C=O) groups is 1. The summed E-state index contributed by atoms with van der Waals surface area (Å²) in [5, 5.41) is 3.99. The smallest absolute Gasteiger partial charge is 0.321 e. The van der Waals surface area contributed by atoms with Gasteiger partial charge in [-0.3, -0.25) is 4.72 Å². The van der Waals surface area contributed by atoms with Crippen molar-refractivity contribution >= 4 is 33.5 Å². The van der Waals surface area contributed by atoms with E-state index in [1.165, 1.54) is 6.08 Å². The van der Waals surface area contributed by atoms with Gasteiger partial charge >= 0.3 is 6.03 Å². The van der Waals surface area contributed by atoms with Crippen molar-refractivity contribution in [1.82, 2.24) is 4.90 Å². The Hall–Kier alpha value is -2.80. The fourth-order valence-electron chi connectivity index (χ4n) is 3.07. The van der Waals surface area contributed by atoms with Crippen LogP contribution in [0, 0.1) is 0 Å². The Kier molecular flexibility index (Phi) is 6.71. The summed E-state index contributed by atoms with van der Waals surface area (Å²) >= 11 is 0. The number of sulfonamides is 1. The Morgan fingerprint density at radius 1 is 0.893 bits per heavy atom. The highest BCUT2D eigenvalue weighted by Crippen LogP contribution is 2.18. The molecule has 1 aliphatic rings. The first-order valence-electron chi connectivity index (χ1n) is 9.44. The molecule has 0 atom stereocenters. The second-order valence-corrected chi connectivity index (χ2v) is 8.34. The number of nitrogens with one attached hydrogen (secondary N) is 2. The summed E-state index contributed by atoms with van der Waals surface area (Å²) in [6.45, 7) is 1.50. The number of benzene rings is 2. The molecule has 0 spiro atoms. The molecule has 7 heteroatoms. The van der Waals surface area contributed by atoms with E-state index in [1.54, 1.807) is 24.3 Å². The van der Waals surface area contributed by atoms with Crippen molar-refractivity contribution in [3.8, 4) is 0 Å². The van der Waals surface area contributed by atoms with Crippen molar-refractivity contribution in [3.63, 3.8) is 0 Å². The zero-order valence-corrected chi connectivity index (χ0v) is 16.5. The molecule has 0 saturated carbocycles. The fraction of sp³-hybridized carbons (Fsp3) is 0.286. The van der Waals surface area contributed by atoms with Gasteiger partial charge in [-0.25, -0.2) is 13.2 Å². The third-order valence-corrected chi connectivity index (χ3v) is 5.52. The molecule has 0 unspecified atom stereocenters. The average molecular weight is 400 g/mol. The molecule has 1 aliphatic heterocycles. The standard InChI is InChI=1S/C21H25N3O3S/c25-21(24-14-6-1-2-7-15-24)22-19-11-8-12-20(17-19)23-28(26,27)16-13-18-9-4-3-5-10-18/h3-5,8-13,16-17,23H,1-2,6-7,14-15H2,(H,22,25)/b16-13-. The quantitative estimate of drug-likeness (QED) is 0.777. The number of likely N-dealkylation sites (tertiary alicyclic amines) is 1. The number of carbonyl (C=O) groups excluding carboxylic acids is 1. The van der Waals surface area contributed by atoms with Crippen LogP contribution in [-0.4, -0.2) is 32.4 Å². The summed E-state index contributed by atoms with van der Waals surface area (Å²) in [6, 6.07) is 15.8. The second kappa shape index (κ2) is 9.41. The summed E-state index contributed by atoms with van der Waals surface area (Å²) in [6.07, 6.45) is 5.87. The lowest BCUT2D eigenvalue weighted by molar-refractivity contribution is 0.214. The van der Waals surface area contributed by atoms with Crippen molar-refractivity contribution in [3.05, 3.63) is 65.6 Å². The summed E-state index contributed by atoms with van der Waals surface area (Å²) in [4.78, 5) is 14.3. The summed E-state index contributed by atoms with van der Waals surface area (Å²) in [5.41, 5.74) is 1.75. The fourth-order valence-corrected chi connectivity index (χ4v) is 3.93. The molecule has 0 radical (unpaired) electrons. The van der Waals surface area contributed by atoms with Gasteiger partial charge in [0.2, 0.25) is 0 Å². The normalized spacial score (nSPS) is 15.2. The highest BCUT2D eigenvalue weighted by molar-refractivity contribution is 7.95. The molecule has 6 nitrogen and oxygen atoms in total. The van der Waals surface area contributed by atoms with Gasteiger partial charge in [0.25, 0.3) is 10.0 Å². The maximum absolute atomic E-state index is 12.4. The van der Waals surface area contributed by atoms with E-state index >= 15 is 0 Å². The molecule has 148 valence electrons. The van der Waals surface area contributed by atoms with Crippen molar-refractivity contribution in [2.24, 2.45) is 0 Å². The molecular formula is C21H25N3O3S. The van der Waals surface area contributed by atoms with E-state index in [4.69, 9.17) is 0 Å². The molecule has 2 N–H and O–H groups in total. The predicted molar refractivity (Wildman–Crippen MR) is 114 cm³/mol. The summed E-state index contributed by atoms with van der Waals surface area (Å²) in [7, 11) is -3.66. The van der Waals surface area contributed by atoms with Gasteiger partial charge in [-0.05, 0) is 42.7 Å². The molecule has 1 saturated heterocycles. The monoisotopic (exact) mass is 399 g/mol. The third-order valence-electron chi connectivity index (χ3n) is 4.51. The van der Waals surface area contributed by atoms with Crippen molar-refractivity contribution in [1.29, 1.82) is 0 Å². The maximum Gasteiger partial charge on any atom is 0.321 e. The zero-order valence-electron chi connectivity index (χ0n) is 15.7. The van der Waals surface area contributed by atoms with Crippen molar-refractivity contribution in [2.45, 2.75) is 25.7 Å². The molecule has 2 aromatic carbocycles. The Balaban J connectivity index is 1.64. The first-order valence-corrected chi connectivity index (χ1v) is 11.0. The van der Waals surface area contributed by atoms with E-state index in [-0.39, 0.29) is 6.03 Å². The number of hydrogen-bond donors (Lipinski definition) is 2. The van der Waals surface area contributed by atoms with Crippen LogP contribution in [0.1, 0.15) is 31.2 Å². The van der Waals surface area contributed by atoms with Gasteiger partial charge in [-0.1, -0.05) is 49.2 Å². The Morgan fingerprint density at radius 2 is 1.57 bits per heavy atom. The van der Waals surface area contributed by atoms with Crippen LogP contribution in [0.3, 0.4) is 0 Å². The van der Waals surface area contributed by atoms with Crippen LogP contribution in [0.15, 0.2) is 60.0 Å². The van der Waals surface area contributed by atoms with Gasteiger partial charge < -0.3 is 10.2 Å². The van der Waals surface area contributed by atoms with Crippen LogP contribution < -0.4 is 10.0 Å². The molecule has 3 rings (SSSR count). The van der Waals surface area contributed by atoms with Crippen LogP contribution in [0.2, 0.25) is 0 Å². The summed E-state index contributed by atoms with van der Waals surface area (Å²) < 4.78 is 27.1. The van der Waals surface area contributed by atoms with E-state index in [9.17, 15) is 13.2 Å².